The van der Waals surface area contributed by atoms with Gasteiger partial charge in [0.1, 0.15) is 0 Å². The van der Waals surface area contributed by atoms with Crippen LogP contribution in [0.25, 0.3) is 0 Å². The van der Waals surface area contributed by atoms with Crippen LogP contribution in [-0.4, -0.2) is 37.0 Å². The van der Waals surface area contributed by atoms with Gasteiger partial charge in [-0.05, 0) is 35.9 Å². The zero-order valence-electron chi connectivity index (χ0n) is 12.7. The van der Waals surface area contributed by atoms with E-state index in [-0.39, 0.29) is 5.91 Å². The fraction of sp³-hybridized carbons (Fsp3) is 0.278. The van der Waals surface area contributed by atoms with Crippen LogP contribution in [0.2, 0.25) is 5.02 Å². The number of hydrogen-bond donors (Lipinski definition) is 0. The summed E-state index contributed by atoms with van der Waals surface area (Å²) >= 11 is 9.46. The Morgan fingerprint density at radius 1 is 1.04 bits per heavy atom. The number of carbonyl (C=O) groups is 1. The molecule has 2 aromatic rings. The van der Waals surface area contributed by atoms with Crippen LogP contribution in [0.4, 0.5) is 5.69 Å². The monoisotopic (exact) mass is 392 g/mol. The molecule has 1 saturated heterocycles. The third-order valence-electron chi connectivity index (χ3n) is 4.07. The lowest BCUT2D eigenvalue weighted by Crippen LogP contribution is -2.49. The van der Waals surface area contributed by atoms with E-state index in [0.29, 0.717) is 6.42 Å². The third-order valence-corrected chi connectivity index (χ3v) is 4.84. The van der Waals surface area contributed by atoms with Crippen LogP contribution in [0.15, 0.2) is 53.0 Å². The van der Waals surface area contributed by atoms with Gasteiger partial charge in [-0.15, -0.1) is 0 Å². The molecule has 1 aliphatic rings. The molecule has 0 spiro atoms. The van der Waals surface area contributed by atoms with Gasteiger partial charge in [0.05, 0.1) is 6.42 Å². The van der Waals surface area contributed by atoms with E-state index in [2.05, 4.69) is 26.9 Å². The Balaban J connectivity index is 1.56. The second-order valence-corrected chi connectivity index (χ2v) is 7.00. The zero-order valence-corrected chi connectivity index (χ0v) is 15.1. The summed E-state index contributed by atoms with van der Waals surface area (Å²) in [5.41, 5.74) is 2.17. The van der Waals surface area contributed by atoms with E-state index in [0.717, 1.165) is 46.9 Å². The predicted molar refractivity (Wildman–Crippen MR) is 98.1 cm³/mol. The summed E-state index contributed by atoms with van der Waals surface area (Å²) in [6.07, 6.45) is 0.463. The Bertz CT molecular complexity index is 682. The fourth-order valence-corrected chi connectivity index (χ4v) is 3.22. The molecule has 0 bridgehead atoms. The van der Waals surface area contributed by atoms with Crippen LogP contribution < -0.4 is 4.90 Å². The van der Waals surface area contributed by atoms with Gasteiger partial charge < -0.3 is 9.80 Å². The number of benzene rings is 2. The van der Waals surface area contributed by atoms with Crippen molar-refractivity contribution in [3.05, 3.63) is 63.6 Å². The van der Waals surface area contributed by atoms with E-state index in [9.17, 15) is 4.79 Å². The van der Waals surface area contributed by atoms with Crippen LogP contribution in [0.5, 0.6) is 0 Å². The molecule has 2 aromatic carbocycles. The largest absolute Gasteiger partial charge is 0.368 e. The second kappa shape index (κ2) is 7.37. The van der Waals surface area contributed by atoms with E-state index >= 15 is 0 Å². The van der Waals surface area contributed by atoms with Crippen molar-refractivity contribution in [2.45, 2.75) is 6.42 Å². The summed E-state index contributed by atoms with van der Waals surface area (Å²) in [7, 11) is 0. The van der Waals surface area contributed by atoms with Gasteiger partial charge in [-0.3, -0.25) is 4.79 Å². The van der Waals surface area contributed by atoms with Crippen LogP contribution in [0, 0.1) is 0 Å². The second-order valence-electron chi connectivity index (χ2n) is 5.65. The molecular weight excluding hydrogens is 376 g/mol. The SMILES string of the molecule is O=C(Cc1ccc(Br)cc1)N1CCN(c2cccc(Cl)c2)CC1. The first-order valence-electron chi connectivity index (χ1n) is 7.64. The third kappa shape index (κ3) is 4.27. The van der Waals surface area contributed by atoms with Crippen molar-refractivity contribution >= 4 is 39.1 Å². The first-order chi connectivity index (χ1) is 11.1. The highest BCUT2D eigenvalue weighted by Gasteiger charge is 2.21. The van der Waals surface area contributed by atoms with E-state index < -0.39 is 0 Å². The number of nitrogens with zero attached hydrogens (tertiary/aromatic N) is 2. The molecule has 3 nitrogen and oxygen atoms in total. The molecule has 5 heteroatoms. The van der Waals surface area contributed by atoms with Gasteiger partial charge in [0.25, 0.3) is 0 Å². The Hall–Kier alpha value is -1.52. The highest BCUT2D eigenvalue weighted by molar-refractivity contribution is 9.10. The van der Waals surface area contributed by atoms with E-state index in [4.69, 9.17) is 11.6 Å². The Morgan fingerprint density at radius 3 is 2.39 bits per heavy atom. The van der Waals surface area contributed by atoms with E-state index in [1.807, 2.05) is 47.4 Å². The first-order valence-corrected chi connectivity index (χ1v) is 8.82. The molecule has 0 radical (unpaired) electrons. The summed E-state index contributed by atoms with van der Waals surface area (Å²) in [6, 6.07) is 15.8. The van der Waals surface area contributed by atoms with Gasteiger partial charge in [-0.25, -0.2) is 0 Å². The topological polar surface area (TPSA) is 23.6 Å². The molecule has 23 heavy (non-hydrogen) atoms. The van der Waals surface area contributed by atoms with Crippen LogP contribution in [0.3, 0.4) is 0 Å². The van der Waals surface area contributed by atoms with Crippen molar-refractivity contribution in [2.75, 3.05) is 31.1 Å². The number of amides is 1. The summed E-state index contributed by atoms with van der Waals surface area (Å²) in [5.74, 6) is 0.193. The smallest absolute Gasteiger partial charge is 0.227 e. The molecule has 0 unspecified atom stereocenters. The summed E-state index contributed by atoms with van der Waals surface area (Å²) < 4.78 is 1.03. The van der Waals surface area contributed by atoms with Crippen molar-refractivity contribution in [1.82, 2.24) is 4.90 Å². The van der Waals surface area contributed by atoms with E-state index in [1.165, 1.54) is 0 Å². The molecule has 1 heterocycles. The minimum absolute atomic E-state index is 0.193. The minimum atomic E-state index is 0.193. The highest BCUT2D eigenvalue weighted by atomic mass is 79.9. The number of piperazine rings is 1. The molecule has 0 aromatic heterocycles. The highest BCUT2D eigenvalue weighted by Crippen LogP contribution is 2.21. The van der Waals surface area contributed by atoms with Crippen molar-refractivity contribution in [3.63, 3.8) is 0 Å². The molecule has 0 atom stereocenters. The van der Waals surface area contributed by atoms with Crippen LogP contribution in [-0.2, 0) is 11.2 Å². The molecule has 3 rings (SSSR count). The molecule has 1 amide bonds. The Kier molecular flexibility index (Phi) is 5.23. The minimum Gasteiger partial charge on any atom is -0.368 e. The molecule has 0 N–H and O–H groups in total. The van der Waals surface area contributed by atoms with Crippen molar-refractivity contribution in [3.8, 4) is 0 Å². The van der Waals surface area contributed by atoms with Gasteiger partial charge in [0.15, 0.2) is 0 Å². The lowest BCUT2D eigenvalue weighted by atomic mass is 10.1. The predicted octanol–water partition coefficient (Wildman–Crippen LogP) is 3.99. The fourth-order valence-electron chi connectivity index (χ4n) is 2.78. The van der Waals surface area contributed by atoms with Gasteiger partial charge >= 0.3 is 0 Å². The number of hydrogen-bond acceptors (Lipinski definition) is 2. The van der Waals surface area contributed by atoms with Crippen molar-refractivity contribution < 1.29 is 4.79 Å². The zero-order chi connectivity index (χ0) is 16.2. The quantitative estimate of drug-likeness (QED) is 0.787. The standard InChI is InChI=1S/C18H18BrClN2O/c19-15-6-4-14(5-7-15)12-18(23)22-10-8-21(9-11-22)17-3-1-2-16(20)13-17/h1-7,13H,8-12H2. The number of halogens is 2. The number of anilines is 1. The lowest BCUT2D eigenvalue weighted by Gasteiger charge is -2.36. The van der Waals surface area contributed by atoms with Gasteiger partial charge in [0, 0.05) is 41.4 Å². The Labute approximate surface area is 150 Å². The average Bonchev–Trinajstić information content (AvgIpc) is 2.57. The maximum Gasteiger partial charge on any atom is 0.227 e. The van der Waals surface area contributed by atoms with Crippen molar-refractivity contribution in [2.24, 2.45) is 0 Å². The summed E-state index contributed by atoms with van der Waals surface area (Å²) in [6.45, 7) is 3.18. The number of carbonyl (C=O) groups excluding carboxylic acids is 1. The van der Waals surface area contributed by atoms with Crippen molar-refractivity contribution in [1.29, 1.82) is 0 Å². The molecular formula is C18H18BrClN2O. The number of rotatable bonds is 3. The molecule has 120 valence electrons. The maximum absolute atomic E-state index is 12.4. The van der Waals surface area contributed by atoms with Gasteiger partial charge in [-0.2, -0.15) is 0 Å². The molecule has 0 saturated carbocycles. The normalized spacial score (nSPS) is 14.9. The first kappa shape index (κ1) is 16.3. The average molecular weight is 394 g/mol. The molecule has 1 aliphatic heterocycles. The summed E-state index contributed by atoms with van der Waals surface area (Å²) in [5, 5.41) is 0.747. The van der Waals surface area contributed by atoms with Gasteiger partial charge in [0.2, 0.25) is 5.91 Å². The lowest BCUT2D eigenvalue weighted by molar-refractivity contribution is -0.130. The van der Waals surface area contributed by atoms with Crippen LogP contribution in [0.1, 0.15) is 5.56 Å². The van der Waals surface area contributed by atoms with Gasteiger partial charge in [-0.1, -0.05) is 45.7 Å². The Morgan fingerprint density at radius 2 is 1.74 bits per heavy atom. The summed E-state index contributed by atoms with van der Waals surface area (Å²) in [4.78, 5) is 16.6. The van der Waals surface area contributed by atoms with Crippen LogP contribution >= 0.6 is 27.5 Å². The van der Waals surface area contributed by atoms with E-state index in [1.54, 1.807) is 0 Å². The maximum atomic E-state index is 12.4. The molecule has 1 fully saturated rings. The molecule has 0 aliphatic carbocycles.